The molecule has 4 N–H and O–H groups in total. The molecule has 1 aromatic heterocycles. The van der Waals surface area contributed by atoms with E-state index in [4.69, 9.17) is 15.5 Å². The number of aromatic nitrogens is 1. The zero-order chi connectivity index (χ0) is 14.5. The number of nitrogens with two attached hydrogens (primary N) is 1. The monoisotopic (exact) mass is 268 g/mol. The molecule has 0 aliphatic heterocycles. The average molecular weight is 268 g/mol. The van der Waals surface area contributed by atoms with Gasteiger partial charge in [-0.2, -0.15) is 0 Å². The Balaban J connectivity index is 2.78. The minimum atomic E-state index is -0.996. The molecule has 0 saturated heterocycles. The van der Waals surface area contributed by atoms with Gasteiger partial charge in [-0.05, 0) is 19.8 Å². The molecule has 1 amide bonds. The normalized spacial score (nSPS) is 12.5. The summed E-state index contributed by atoms with van der Waals surface area (Å²) in [6.07, 6.45) is 0.890. The molecule has 0 aliphatic carbocycles. The summed E-state index contributed by atoms with van der Waals surface area (Å²) in [5.41, 5.74) is 5.40. The second-order valence-electron chi connectivity index (χ2n) is 4.39. The van der Waals surface area contributed by atoms with E-state index in [1.54, 1.807) is 13.0 Å². The minimum absolute atomic E-state index is 0.0799. The first kappa shape index (κ1) is 15.0. The van der Waals surface area contributed by atoms with E-state index >= 15 is 0 Å². The fourth-order valence-corrected chi connectivity index (χ4v) is 1.98. The maximum Gasteiger partial charge on any atom is 0.234 e. The lowest BCUT2D eigenvalue weighted by Gasteiger charge is -2.28. The van der Waals surface area contributed by atoms with Crippen LogP contribution in [0.25, 0.3) is 0 Å². The van der Waals surface area contributed by atoms with Crippen molar-refractivity contribution in [3.63, 3.8) is 0 Å². The first-order chi connectivity index (χ1) is 9.00. The van der Waals surface area contributed by atoms with Crippen LogP contribution in [0.15, 0.2) is 15.7 Å². The van der Waals surface area contributed by atoms with Crippen LogP contribution in [-0.2, 0) is 11.3 Å². The summed E-state index contributed by atoms with van der Waals surface area (Å²) in [7, 11) is 0. The Morgan fingerprint density at radius 3 is 2.63 bits per heavy atom. The number of carbonyl (C=O) groups is 1. The summed E-state index contributed by atoms with van der Waals surface area (Å²) in [6.45, 7) is 5.66. The summed E-state index contributed by atoms with van der Waals surface area (Å²) >= 11 is 0. The summed E-state index contributed by atoms with van der Waals surface area (Å²) < 4.78 is 5.01. The number of nitrogens with one attached hydrogen (secondary N) is 1. The van der Waals surface area contributed by atoms with Gasteiger partial charge in [0.15, 0.2) is 11.6 Å². The van der Waals surface area contributed by atoms with E-state index in [0.29, 0.717) is 18.6 Å². The van der Waals surface area contributed by atoms with E-state index in [1.807, 2.05) is 13.8 Å². The van der Waals surface area contributed by atoms with Crippen molar-refractivity contribution in [3.05, 3.63) is 17.5 Å². The van der Waals surface area contributed by atoms with Crippen LogP contribution in [0.3, 0.4) is 0 Å². The van der Waals surface area contributed by atoms with Gasteiger partial charge in [-0.15, -0.1) is 0 Å². The van der Waals surface area contributed by atoms with Crippen LogP contribution >= 0.6 is 0 Å². The number of carbonyl (C=O) groups excluding carboxylic acids is 1. The molecule has 7 nitrogen and oxygen atoms in total. The van der Waals surface area contributed by atoms with Crippen LogP contribution in [0.5, 0.6) is 0 Å². The highest BCUT2D eigenvalue weighted by Gasteiger charge is 2.39. The highest BCUT2D eigenvalue weighted by Crippen LogP contribution is 2.27. The van der Waals surface area contributed by atoms with Crippen molar-refractivity contribution in [1.82, 2.24) is 10.5 Å². The largest absolute Gasteiger partial charge is 0.409 e. The standard InChI is InChI=1S/C12H20N4O3/c1-4-12(5-2,10(13)15-18)11(17)14-7-9-6-8(3)16-19-9/h6,18H,4-5,7H2,1-3H3,(H2,13,15)(H,14,17). The molecule has 0 unspecified atom stereocenters. The Kier molecular flexibility index (Phi) is 4.91. The van der Waals surface area contributed by atoms with E-state index in [9.17, 15) is 4.79 Å². The molecular formula is C12H20N4O3. The zero-order valence-corrected chi connectivity index (χ0v) is 11.4. The maximum atomic E-state index is 12.3. The van der Waals surface area contributed by atoms with E-state index in [0.717, 1.165) is 5.69 Å². The van der Waals surface area contributed by atoms with Gasteiger partial charge in [-0.25, -0.2) is 0 Å². The lowest BCUT2D eigenvalue weighted by molar-refractivity contribution is -0.128. The molecular weight excluding hydrogens is 248 g/mol. The molecule has 7 heteroatoms. The first-order valence-corrected chi connectivity index (χ1v) is 6.18. The number of amidine groups is 1. The molecule has 1 aromatic rings. The first-order valence-electron chi connectivity index (χ1n) is 6.18. The fraction of sp³-hybridized carbons (Fsp3) is 0.583. The third kappa shape index (κ3) is 3.04. The van der Waals surface area contributed by atoms with Gasteiger partial charge in [0, 0.05) is 6.07 Å². The van der Waals surface area contributed by atoms with Crippen LogP contribution in [0.1, 0.15) is 38.1 Å². The van der Waals surface area contributed by atoms with Crippen molar-refractivity contribution < 1.29 is 14.5 Å². The molecule has 106 valence electrons. The molecule has 0 fully saturated rings. The minimum Gasteiger partial charge on any atom is -0.409 e. The van der Waals surface area contributed by atoms with Crippen LogP contribution in [0.2, 0.25) is 0 Å². The number of rotatable bonds is 6. The molecule has 1 heterocycles. The highest BCUT2D eigenvalue weighted by molar-refractivity contribution is 6.06. The van der Waals surface area contributed by atoms with Crippen molar-refractivity contribution >= 4 is 11.7 Å². The number of aryl methyl sites for hydroxylation is 1. The second kappa shape index (κ2) is 6.21. The molecule has 0 bridgehead atoms. The lowest BCUT2D eigenvalue weighted by atomic mass is 9.80. The molecule has 0 saturated carbocycles. The highest BCUT2D eigenvalue weighted by atomic mass is 16.5. The predicted molar refractivity (Wildman–Crippen MR) is 69.5 cm³/mol. The molecule has 19 heavy (non-hydrogen) atoms. The summed E-state index contributed by atoms with van der Waals surface area (Å²) in [4.78, 5) is 12.3. The van der Waals surface area contributed by atoms with Crippen LogP contribution < -0.4 is 11.1 Å². The number of amides is 1. The zero-order valence-electron chi connectivity index (χ0n) is 11.4. The van der Waals surface area contributed by atoms with Crippen LogP contribution in [-0.4, -0.2) is 22.1 Å². The van der Waals surface area contributed by atoms with Gasteiger partial charge in [0.1, 0.15) is 5.41 Å². The number of hydrogen-bond acceptors (Lipinski definition) is 5. The quantitative estimate of drug-likeness (QED) is 0.310. The number of hydrogen-bond donors (Lipinski definition) is 3. The van der Waals surface area contributed by atoms with Gasteiger partial charge < -0.3 is 20.8 Å². The summed E-state index contributed by atoms with van der Waals surface area (Å²) in [5.74, 6) is 0.192. The molecule has 1 rings (SSSR count). The third-order valence-electron chi connectivity index (χ3n) is 3.34. The van der Waals surface area contributed by atoms with Gasteiger partial charge in [0.05, 0.1) is 12.2 Å². The third-order valence-corrected chi connectivity index (χ3v) is 3.34. The Hall–Kier alpha value is -2.05. The predicted octanol–water partition coefficient (Wildman–Crippen LogP) is 1.15. The molecule has 0 radical (unpaired) electrons. The van der Waals surface area contributed by atoms with Gasteiger partial charge in [-0.1, -0.05) is 24.2 Å². The molecule has 0 aliphatic rings. The Morgan fingerprint density at radius 2 is 2.21 bits per heavy atom. The van der Waals surface area contributed by atoms with E-state index in [-0.39, 0.29) is 18.3 Å². The Bertz CT molecular complexity index is 463. The van der Waals surface area contributed by atoms with Crippen molar-refractivity contribution in [2.24, 2.45) is 16.3 Å². The topological polar surface area (TPSA) is 114 Å². The van der Waals surface area contributed by atoms with Gasteiger partial charge in [-0.3, -0.25) is 4.79 Å². The van der Waals surface area contributed by atoms with Crippen molar-refractivity contribution in [2.75, 3.05) is 0 Å². The fourth-order valence-electron chi connectivity index (χ4n) is 1.98. The van der Waals surface area contributed by atoms with Crippen molar-refractivity contribution in [3.8, 4) is 0 Å². The van der Waals surface area contributed by atoms with Crippen LogP contribution in [0.4, 0.5) is 0 Å². The number of nitrogens with zero attached hydrogens (tertiary/aromatic N) is 2. The molecule has 0 aromatic carbocycles. The Labute approximate surface area is 111 Å². The smallest absolute Gasteiger partial charge is 0.234 e. The second-order valence-corrected chi connectivity index (χ2v) is 4.39. The van der Waals surface area contributed by atoms with E-state index in [2.05, 4.69) is 15.6 Å². The van der Waals surface area contributed by atoms with Crippen molar-refractivity contribution in [1.29, 1.82) is 0 Å². The van der Waals surface area contributed by atoms with Crippen molar-refractivity contribution in [2.45, 2.75) is 40.2 Å². The van der Waals surface area contributed by atoms with Gasteiger partial charge >= 0.3 is 0 Å². The SMILES string of the molecule is CCC(CC)(C(=O)NCc1cc(C)no1)C(N)=NO. The maximum absolute atomic E-state index is 12.3. The molecule has 0 spiro atoms. The van der Waals surface area contributed by atoms with E-state index < -0.39 is 5.41 Å². The van der Waals surface area contributed by atoms with Crippen LogP contribution in [0, 0.1) is 12.3 Å². The lowest BCUT2D eigenvalue weighted by Crippen LogP contribution is -2.49. The molecule has 0 atom stereocenters. The van der Waals surface area contributed by atoms with E-state index in [1.165, 1.54) is 0 Å². The summed E-state index contributed by atoms with van der Waals surface area (Å²) in [6, 6.07) is 1.74. The van der Waals surface area contributed by atoms with Gasteiger partial charge in [0.2, 0.25) is 5.91 Å². The summed E-state index contributed by atoms with van der Waals surface area (Å²) in [5, 5.41) is 18.3. The average Bonchev–Trinajstić information content (AvgIpc) is 2.83. The Morgan fingerprint density at radius 1 is 1.58 bits per heavy atom. The number of oxime groups is 1. The van der Waals surface area contributed by atoms with Gasteiger partial charge in [0.25, 0.3) is 0 Å².